The molecule has 0 saturated carbocycles. The van der Waals surface area contributed by atoms with Crippen LogP contribution in [0.4, 0.5) is 0 Å². The van der Waals surface area contributed by atoms with E-state index in [4.69, 9.17) is 18.9 Å². The van der Waals surface area contributed by atoms with Gasteiger partial charge in [0.25, 0.3) is 0 Å². The van der Waals surface area contributed by atoms with Crippen molar-refractivity contribution in [1.29, 1.82) is 0 Å². The van der Waals surface area contributed by atoms with E-state index in [0.29, 0.717) is 23.9 Å². The average molecular weight is 1300 g/mol. The molecular weight excluding hydrogens is 1150 g/mol. The molecular formula is C84H149NO8. The number of hydrogen-bond acceptors (Lipinski definition) is 8. The van der Waals surface area contributed by atoms with Crippen LogP contribution < -0.4 is 5.11 Å². The summed E-state index contributed by atoms with van der Waals surface area (Å²) in [5.41, 5.74) is 0. The van der Waals surface area contributed by atoms with Gasteiger partial charge >= 0.3 is 11.9 Å². The molecule has 9 heteroatoms. The van der Waals surface area contributed by atoms with Crippen molar-refractivity contribution in [3.63, 3.8) is 0 Å². The van der Waals surface area contributed by atoms with Crippen LogP contribution in [0.3, 0.4) is 0 Å². The summed E-state index contributed by atoms with van der Waals surface area (Å²) in [6.07, 6.45) is 99.5. The first-order chi connectivity index (χ1) is 45.6. The van der Waals surface area contributed by atoms with Gasteiger partial charge in [0.05, 0.1) is 40.3 Å². The van der Waals surface area contributed by atoms with Gasteiger partial charge in [-0.05, 0) is 96.3 Å². The van der Waals surface area contributed by atoms with E-state index in [-0.39, 0.29) is 32.2 Å². The Balaban J connectivity index is 4.01. The fourth-order valence-electron chi connectivity index (χ4n) is 11.3. The minimum atomic E-state index is -1.62. The molecule has 0 aliphatic carbocycles. The maximum Gasteiger partial charge on any atom is 0.306 e. The number of nitrogens with zero attached hydrogens (tertiary/aromatic N) is 1. The first kappa shape index (κ1) is 89.2. The molecule has 0 N–H and O–H groups in total. The highest BCUT2D eigenvalue weighted by molar-refractivity contribution is 5.70. The molecule has 9 nitrogen and oxygen atoms in total. The molecule has 2 atom stereocenters. The van der Waals surface area contributed by atoms with Crippen molar-refractivity contribution in [1.82, 2.24) is 0 Å². The summed E-state index contributed by atoms with van der Waals surface area (Å²) in [5, 5.41) is 11.9. The smallest absolute Gasteiger partial charge is 0.306 e. The lowest BCUT2D eigenvalue weighted by Gasteiger charge is -2.26. The SMILES string of the molecule is CC/C=C\C/C=C\C/C=C\C/C=C\C/C=C\CCCCCCCCCCCCCCCCCCCCCCCC(=O)OC(COC(=O)CCCCCCCCCCCCCCCCCC/C=C\C/C=C\C/C=C\CCCCCCC)COC(OCC[N+](C)(C)C)C(=O)[O-]. The van der Waals surface area contributed by atoms with E-state index in [1.54, 1.807) is 0 Å². The van der Waals surface area contributed by atoms with Crippen LogP contribution >= 0.6 is 0 Å². The maximum atomic E-state index is 13.0. The Bertz CT molecular complexity index is 1850. The monoisotopic (exact) mass is 1300 g/mol. The van der Waals surface area contributed by atoms with Crippen molar-refractivity contribution >= 4 is 17.9 Å². The zero-order valence-corrected chi connectivity index (χ0v) is 61.6. The van der Waals surface area contributed by atoms with Gasteiger partial charge in [0.1, 0.15) is 13.2 Å². The van der Waals surface area contributed by atoms with Crippen molar-refractivity contribution in [3.05, 3.63) is 97.2 Å². The summed E-state index contributed by atoms with van der Waals surface area (Å²) >= 11 is 0. The number of esters is 2. The predicted molar refractivity (Wildman–Crippen MR) is 398 cm³/mol. The van der Waals surface area contributed by atoms with Crippen LogP contribution in [0.5, 0.6) is 0 Å². The molecule has 538 valence electrons. The van der Waals surface area contributed by atoms with Crippen molar-refractivity contribution in [2.75, 3.05) is 47.5 Å². The van der Waals surface area contributed by atoms with Crippen LogP contribution in [-0.4, -0.2) is 82.3 Å². The van der Waals surface area contributed by atoms with E-state index in [2.05, 4.69) is 111 Å². The minimum Gasteiger partial charge on any atom is -0.545 e. The second-order valence-electron chi connectivity index (χ2n) is 27.6. The van der Waals surface area contributed by atoms with Gasteiger partial charge < -0.3 is 33.3 Å². The molecule has 0 aliphatic rings. The Labute approximate surface area is 575 Å². The number of unbranched alkanes of at least 4 members (excludes halogenated alkanes) is 42. The highest BCUT2D eigenvalue weighted by atomic mass is 16.7. The van der Waals surface area contributed by atoms with Gasteiger partial charge in [-0.1, -0.05) is 349 Å². The summed E-state index contributed by atoms with van der Waals surface area (Å²) < 4.78 is 22.9. The normalized spacial score (nSPS) is 13.2. The number of quaternary nitrogens is 1. The highest BCUT2D eigenvalue weighted by Crippen LogP contribution is 2.19. The number of rotatable bonds is 73. The molecule has 0 rings (SSSR count). The van der Waals surface area contributed by atoms with Gasteiger partial charge in [0.15, 0.2) is 12.4 Å². The topological polar surface area (TPSA) is 111 Å². The maximum absolute atomic E-state index is 13.0. The van der Waals surface area contributed by atoms with E-state index >= 15 is 0 Å². The lowest BCUT2D eigenvalue weighted by Crippen LogP contribution is -2.44. The van der Waals surface area contributed by atoms with Crippen LogP contribution in [-0.2, 0) is 33.3 Å². The first-order valence-corrected chi connectivity index (χ1v) is 39.4. The highest BCUT2D eigenvalue weighted by Gasteiger charge is 2.22. The second kappa shape index (κ2) is 74.0. The van der Waals surface area contributed by atoms with Crippen LogP contribution in [0.25, 0.3) is 0 Å². The first-order valence-electron chi connectivity index (χ1n) is 39.4. The van der Waals surface area contributed by atoms with Crippen LogP contribution in [0.2, 0.25) is 0 Å². The Morgan fingerprint density at radius 3 is 0.914 bits per heavy atom. The Morgan fingerprint density at radius 1 is 0.333 bits per heavy atom. The summed E-state index contributed by atoms with van der Waals surface area (Å²) in [6.45, 7) is 4.67. The third kappa shape index (κ3) is 75.5. The Kier molecular flexibility index (Phi) is 71.0. The van der Waals surface area contributed by atoms with Gasteiger partial charge in [0, 0.05) is 12.8 Å². The number of aliphatic carboxylic acids is 1. The zero-order valence-electron chi connectivity index (χ0n) is 61.6. The van der Waals surface area contributed by atoms with Gasteiger partial charge in [-0.25, -0.2) is 0 Å². The molecule has 0 saturated heterocycles. The predicted octanol–water partition coefficient (Wildman–Crippen LogP) is 23.8. The number of ether oxygens (including phenoxy) is 4. The summed E-state index contributed by atoms with van der Waals surface area (Å²) in [7, 11) is 5.94. The fourth-order valence-corrected chi connectivity index (χ4v) is 11.3. The van der Waals surface area contributed by atoms with Crippen molar-refractivity contribution < 1.29 is 42.9 Å². The van der Waals surface area contributed by atoms with Crippen molar-refractivity contribution in [2.24, 2.45) is 0 Å². The molecule has 0 aromatic carbocycles. The van der Waals surface area contributed by atoms with E-state index in [1.807, 2.05) is 21.1 Å². The van der Waals surface area contributed by atoms with Crippen molar-refractivity contribution in [2.45, 2.75) is 373 Å². The third-order valence-corrected chi connectivity index (χ3v) is 17.3. The Hall–Kier alpha value is -3.79. The molecule has 0 fully saturated rings. The van der Waals surface area contributed by atoms with E-state index < -0.39 is 24.3 Å². The number of likely N-dealkylation sites (N-methyl/N-ethyl adjacent to an activating group) is 1. The lowest BCUT2D eigenvalue weighted by molar-refractivity contribution is -0.870. The molecule has 0 aromatic heterocycles. The van der Waals surface area contributed by atoms with E-state index in [1.165, 1.54) is 250 Å². The average Bonchev–Trinajstić information content (AvgIpc) is 3.73. The number of carboxylic acids is 1. The number of carboxylic acid groups (broad SMARTS) is 1. The summed E-state index contributed by atoms with van der Waals surface area (Å²) in [5.74, 6) is -2.26. The van der Waals surface area contributed by atoms with Crippen LogP contribution in [0, 0.1) is 0 Å². The third-order valence-electron chi connectivity index (χ3n) is 17.3. The summed E-state index contributed by atoms with van der Waals surface area (Å²) in [4.78, 5) is 37.6. The molecule has 0 spiro atoms. The molecule has 93 heavy (non-hydrogen) atoms. The lowest BCUT2D eigenvalue weighted by atomic mass is 10.0. The summed E-state index contributed by atoms with van der Waals surface area (Å²) in [6, 6.07) is 0. The largest absolute Gasteiger partial charge is 0.545 e. The van der Waals surface area contributed by atoms with Crippen LogP contribution in [0.15, 0.2) is 97.2 Å². The van der Waals surface area contributed by atoms with E-state index in [0.717, 1.165) is 77.0 Å². The Morgan fingerprint density at radius 2 is 0.613 bits per heavy atom. The van der Waals surface area contributed by atoms with Gasteiger partial charge in [-0.2, -0.15) is 0 Å². The minimum absolute atomic E-state index is 0.147. The fraction of sp³-hybridized carbons (Fsp3) is 0.774. The second-order valence-corrected chi connectivity index (χ2v) is 27.6. The van der Waals surface area contributed by atoms with Crippen molar-refractivity contribution in [3.8, 4) is 0 Å². The number of allylic oxidation sites excluding steroid dienone is 16. The quantitative estimate of drug-likeness (QED) is 0.0195. The van der Waals surface area contributed by atoms with Gasteiger partial charge in [-0.3, -0.25) is 9.59 Å². The van der Waals surface area contributed by atoms with Crippen LogP contribution in [0.1, 0.15) is 361 Å². The number of hydrogen-bond donors (Lipinski definition) is 0. The molecule has 0 heterocycles. The molecule has 0 radical (unpaired) electrons. The molecule has 0 bridgehead atoms. The number of carbonyl (C=O) groups excluding carboxylic acids is 3. The molecule has 0 aromatic rings. The van der Waals surface area contributed by atoms with E-state index in [9.17, 15) is 19.5 Å². The number of carbonyl (C=O) groups is 3. The van der Waals surface area contributed by atoms with Gasteiger partial charge in [-0.15, -0.1) is 0 Å². The zero-order chi connectivity index (χ0) is 67.5. The standard InChI is InChI=1S/C84H149NO8/c1-6-8-10-12-14-16-18-20-22-24-26-28-30-32-34-36-38-39-40-41-42-43-45-47-49-51-53-55-57-59-61-63-65-67-69-71-73-75-82(87)93-80(79-92-84(83(88)89)90-77-76-85(3,4)5)78-91-81(86)74-72-70-68-66-64-62-60-58-56-54-52-50-48-46-44-37-35-33-31-29-27-25-23-21-19-17-15-13-11-9-7-2/h8,10,14,16,19-22,25-28,31-34,80,84H,6-7,9,11-13,15,17-18,23-24,29-30,35-79H2,1-5H3/b10-8-,16-14-,21-19-,22-20-,27-25-,28-26-,33-31-,34-32-. The molecule has 0 aliphatic heterocycles. The van der Waals surface area contributed by atoms with Gasteiger partial charge in [0.2, 0.25) is 0 Å². The molecule has 0 amide bonds. The molecule has 2 unspecified atom stereocenters.